The third-order valence-corrected chi connectivity index (χ3v) is 5.13. The van der Waals surface area contributed by atoms with E-state index in [1.54, 1.807) is 11.5 Å². The summed E-state index contributed by atoms with van der Waals surface area (Å²) in [5, 5.41) is 10.7. The minimum Gasteiger partial charge on any atom is -0.387 e. The Morgan fingerprint density at radius 3 is 3.08 bits per heavy atom. The van der Waals surface area contributed by atoms with E-state index in [4.69, 9.17) is 19.7 Å². The number of aliphatic hydroxyl groups is 1. The van der Waals surface area contributed by atoms with Gasteiger partial charge in [0, 0.05) is 0 Å². The van der Waals surface area contributed by atoms with Gasteiger partial charge >= 0.3 is 8.03 Å². The van der Waals surface area contributed by atoms with Gasteiger partial charge in [0.25, 0.3) is 0 Å². The Morgan fingerprint density at radius 2 is 2.33 bits per heavy atom. The van der Waals surface area contributed by atoms with Gasteiger partial charge in [0.05, 0.1) is 12.9 Å². The van der Waals surface area contributed by atoms with Gasteiger partial charge in [-0.05, 0) is 11.5 Å². The van der Waals surface area contributed by atoms with Crippen molar-refractivity contribution in [3.8, 4) is 0 Å². The average molecular weight is 354 g/mol. The monoisotopic (exact) mass is 354 g/mol. The van der Waals surface area contributed by atoms with Crippen LogP contribution in [0.5, 0.6) is 0 Å². The minimum atomic E-state index is -1.82. The van der Waals surface area contributed by atoms with E-state index in [9.17, 15) is 9.67 Å². The molecule has 2 fully saturated rings. The van der Waals surface area contributed by atoms with Gasteiger partial charge in [-0.15, -0.1) is 4.52 Å². The lowest BCUT2D eigenvalue weighted by atomic mass is 9.92. The van der Waals surface area contributed by atoms with Gasteiger partial charge in [0.2, 0.25) is 0 Å². The molecule has 2 aliphatic heterocycles. The molecule has 0 saturated carbocycles. The second-order valence-corrected chi connectivity index (χ2v) is 7.34. The number of nitrogens with zero attached hydrogens (tertiary/aromatic N) is 4. The third-order valence-electron chi connectivity index (χ3n) is 4.64. The van der Waals surface area contributed by atoms with Crippen molar-refractivity contribution in [2.75, 3.05) is 25.6 Å². The van der Waals surface area contributed by atoms with Crippen molar-refractivity contribution in [2.24, 2.45) is 0 Å². The van der Waals surface area contributed by atoms with E-state index in [1.807, 2.05) is 0 Å². The van der Waals surface area contributed by atoms with Gasteiger partial charge in [-0.2, -0.15) is 0 Å². The van der Waals surface area contributed by atoms with Gasteiger partial charge in [-0.1, -0.05) is 0 Å². The number of hydrogen-bond acceptors (Lipinski definition) is 9. The number of hydrogen-bond donors (Lipinski definition) is 2. The summed E-state index contributed by atoms with van der Waals surface area (Å²) >= 11 is 0. The molecule has 10 nitrogen and oxygen atoms in total. The number of imidazole rings is 1. The highest BCUT2D eigenvalue weighted by Gasteiger charge is 2.69. The quantitative estimate of drug-likeness (QED) is 0.739. The van der Waals surface area contributed by atoms with E-state index in [2.05, 4.69) is 15.0 Å². The molecule has 0 radical (unpaired) electrons. The van der Waals surface area contributed by atoms with Crippen molar-refractivity contribution < 1.29 is 23.7 Å². The zero-order valence-electron chi connectivity index (χ0n) is 13.1. The van der Waals surface area contributed by atoms with E-state index in [1.165, 1.54) is 19.3 Å². The Kier molecular flexibility index (Phi) is 3.38. The molecule has 1 unspecified atom stereocenters. The summed E-state index contributed by atoms with van der Waals surface area (Å²) in [4.78, 5) is 12.3. The minimum absolute atomic E-state index is 0.0320. The van der Waals surface area contributed by atoms with Gasteiger partial charge in [-0.3, -0.25) is 4.57 Å². The fraction of sp³-hybridized carbons (Fsp3) is 0.615. The van der Waals surface area contributed by atoms with E-state index in [-0.39, 0.29) is 19.0 Å². The SMILES string of the molecule is C[P+](=O)OC[C@]12CO[C@](C)([C@@H]1O)[C@H](n1cnc3c(N)ncnc31)O2. The highest BCUT2D eigenvalue weighted by Crippen LogP contribution is 2.53. The van der Waals surface area contributed by atoms with Crippen molar-refractivity contribution in [3.63, 3.8) is 0 Å². The Bertz CT molecular complexity index is 830. The van der Waals surface area contributed by atoms with Gasteiger partial charge < -0.3 is 20.3 Å². The van der Waals surface area contributed by atoms with Gasteiger partial charge in [0.1, 0.15) is 30.2 Å². The number of nitrogens with two attached hydrogens (primary N) is 1. The highest BCUT2D eigenvalue weighted by molar-refractivity contribution is 7.38. The predicted octanol–water partition coefficient (Wildman–Crippen LogP) is 0.215. The molecule has 2 aromatic heterocycles. The van der Waals surface area contributed by atoms with Gasteiger partial charge in [0.15, 0.2) is 30.0 Å². The van der Waals surface area contributed by atoms with Crippen molar-refractivity contribution in [1.82, 2.24) is 19.5 Å². The summed E-state index contributed by atoms with van der Waals surface area (Å²) in [5.41, 5.74) is 4.63. The number of nitrogen functional groups attached to an aromatic ring is 1. The molecule has 24 heavy (non-hydrogen) atoms. The van der Waals surface area contributed by atoms with Crippen molar-refractivity contribution in [3.05, 3.63) is 12.7 Å². The molecule has 0 amide bonds. The maximum absolute atomic E-state index is 11.3. The van der Waals surface area contributed by atoms with Crippen LogP contribution < -0.4 is 5.73 Å². The lowest BCUT2D eigenvalue weighted by Gasteiger charge is -2.33. The number of rotatable bonds is 4. The molecule has 128 valence electrons. The summed E-state index contributed by atoms with van der Waals surface area (Å²) < 4.78 is 30.1. The fourth-order valence-electron chi connectivity index (χ4n) is 3.33. The summed E-state index contributed by atoms with van der Waals surface area (Å²) in [6.07, 6.45) is 1.22. The van der Waals surface area contributed by atoms with Crippen LogP contribution >= 0.6 is 8.03 Å². The molecule has 0 aliphatic carbocycles. The van der Waals surface area contributed by atoms with E-state index < -0.39 is 31.6 Å². The van der Waals surface area contributed by atoms with Crippen LogP contribution in [0.2, 0.25) is 0 Å². The van der Waals surface area contributed by atoms with Crippen LogP contribution in [0, 0.1) is 0 Å². The first kappa shape index (κ1) is 15.8. The molecule has 2 bridgehead atoms. The van der Waals surface area contributed by atoms with Crippen molar-refractivity contribution in [2.45, 2.75) is 30.5 Å². The smallest absolute Gasteiger partial charge is 0.387 e. The zero-order valence-corrected chi connectivity index (χ0v) is 14.0. The first-order valence-electron chi connectivity index (χ1n) is 7.34. The van der Waals surface area contributed by atoms with Crippen LogP contribution in [-0.4, -0.2) is 61.8 Å². The number of fused-ring (bicyclic) bond motifs is 3. The maximum Gasteiger partial charge on any atom is 0.504 e. The molecule has 4 rings (SSSR count). The van der Waals surface area contributed by atoms with E-state index in [0.717, 1.165) is 0 Å². The first-order chi connectivity index (χ1) is 11.4. The molecule has 3 N–H and O–H groups in total. The molecular formula is C13H17N5O5P+. The number of aromatic nitrogens is 4. The lowest BCUT2D eigenvalue weighted by Crippen LogP contribution is -2.45. The zero-order chi connectivity index (χ0) is 17.1. The molecule has 4 heterocycles. The van der Waals surface area contributed by atoms with Crippen LogP contribution in [0.3, 0.4) is 0 Å². The lowest BCUT2D eigenvalue weighted by molar-refractivity contribution is -0.208. The molecule has 11 heteroatoms. The standard InChI is InChI=1S/C13H17N5O5P/c1-12-10(19)13(3-21-12,4-22-24(2)20)23-11(12)18-6-17-7-8(14)15-5-16-9(7)18/h5-6,10-11,19H,3-4H2,1-2H3,(H2,14,15,16)/q+1/t10-,11+,12+,13+/m0/s1. The van der Waals surface area contributed by atoms with Gasteiger partial charge in [-0.25, -0.2) is 15.0 Å². The summed E-state index contributed by atoms with van der Waals surface area (Å²) in [5.74, 6) is 0.259. The predicted molar refractivity (Wildman–Crippen MR) is 82.4 cm³/mol. The van der Waals surface area contributed by atoms with Crippen LogP contribution in [0.1, 0.15) is 13.2 Å². The highest BCUT2D eigenvalue weighted by atomic mass is 31.1. The number of ether oxygens (including phenoxy) is 2. The van der Waals surface area contributed by atoms with Crippen molar-refractivity contribution in [1.29, 1.82) is 0 Å². The molecule has 2 aliphatic rings. The first-order valence-corrected chi connectivity index (χ1v) is 8.96. The van der Waals surface area contributed by atoms with Crippen LogP contribution in [-0.2, 0) is 18.6 Å². The number of anilines is 1. The molecular weight excluding hydrogens is 337 g/mol. The number of aliphatic hydroxyl groups excluding tert-OH is 1. The molecule has 2 aromatic rings. The van der Waals surface area contributed by atoms with Crippen molar-refractivity contribution >= 4 is 25.0 Å². The second kappa shape index (κ2) is 5.14. The second-order valence-electron chi connectivity index (χ2n) is 6.21. The third kappa shape index (κ3) is 2.01. The summed E-state index contributed by atoms with van der Waals surface area (Å²) in [6, 6.07) is 0. The largest absolute Gasteiger partial charge is 0.504 e. The maximum atomic E-state index is 11.3. The Labute approximate surface area is 137 Å². The average Bonchev–Trinajstić information content (AvgIpc) is 3.14. The topological polar surface area (TPSA) is 135 Å². The Morgan fingerprint density at radius 1 is 1.54 bits per heavy atom. The summed E-state index contributed by atoms with van der Waals surface area (Å²) in [6.45, 7) is 3.31. The Hall–Kier alpha value is -1.71. The molecule has 0 aromatic carbocycles. The van der Waals surface area contributed by atoms with E-state index >= 15 is 0 Å². The molecule has 5 atom stereocenters. The molecule has 2 saturated heterocycles. The normalized spacial score (nSPS) is 35.7. The van der Waals surface area contributed by atoms with Crippen LogP contribution in [0.4, 0.5) is 5.82 Å². The van der Waals surface area contributed by atoms with E-state index in [0.29, 0.717) is 11.2 Å². The van der Waals surface area contributed by atoms with Crippen LogP contribution in [0.15, 0.2) is 12.7 Å². The fourth-order valence-corrected chi connectivity index (χ4v) is 3.73. The molecule has 0 spiro atoms. The summed E-state index contributed by atoms with van der Waals surface area (Å²) in [7, 11) is -1.82. The van der Waals surface area contributed by atoms with Crippen LogP contribution in [0.25, 0.3) is 11.2 Å². The Balaban J connectivity index is 1.74.